The summed E-state index contributed by atoms with van der Waals surface area (Å²) in [6.45, 7) is 4.18. The maximum Gasteiger partial charge on any atom is 0.123 e. The molecule has 0 bridgehead atoms. The second-order valence-electron chi connectivity index (χ2n) is 4.72. The van der Waals surface area contributed by atoms with E-state index in [9.17, 15) is 4.39 Å². The van der Waals surface area contributed by atoms with Gasteiger partial charge in [-0.3, -0.25) is 0 Å². The summed E-state index contributed by atoms with van der Waals surface area (Å²) in [5, 5.41) is 0.229. The van der Waals surface area contributed by atoms with Gasteiger partial charge in [-0.05, 0) is 36.8 Å². The number of halogens is 1. The lowest BCUT2D eigenvalue weighted by atomic mass is 10.1. The van der Waals surface area contributed by atoms with Gasteiger partial charge in [0, 0.05) is 16.2 Å². The average Bonchev–Trinajstić information content (AvgIpc) is 2.39. The Hall–Kier alpha value is -1.32. The van der Waals surface area contributed by atoms with Crippen LogP contribution in [0.25, 0.3) is 0 Å². The number of thioether (sulfide) groups is 1. The van der Waals surface area contributed by atoms with E-state index < -0.39 is 0 Å². The Morgan fingerprint density at radius 3 is 2.42 bits per heavy atom. The normalized spacial score (nSPS) is 14.1. The maximum atomic E-state index is 12.9. The molecule has 0 saturated heterocycles. The molecule has 0 radical (unpaired) electrons. The Morgan fingerprint density at radius 2 is 1.79 bits per heavy atom. The number of hydrogen-bond donors (Lipinski definition) is 1. The van der Waals surface area contributed by atoms with E-state index in [0.29, 0.717) is 0 Å². The van der Waals surface area contributed by atoms with Crippen LogP contribution < -0.4 is 5.73 Å². The van der Waals surface area contributed by atoms with Crippen LogP contribution in [-0.2, 0) is 0 Å². The summed E-state index contributed by atoms with van der Waals surface area (Å²) in [6, 6.07) is 14.7. The quantitative estimate of drug-likeness (QED) is 0.841. The summed E-state index contributed by atoms with van der Waals surface area (Å²) in [6.07, 6.45) is 0. The molecule has 0 spiro atoms. The molecule has 0 saturated carbocycles. The SMILES string of the molecule is Cc1cccc(SC(C)C(N)c2ccc(F)cc2)c1. The van der Waals surface area contributed by atoms with Crippen molar-refractivity contribution in [2.45, 2.75) is 30.0 Å². The van der Waals surface area contributed by atoms with Gasteiger partial charge in [-0.15, -0.1) is 11.8 Å². The third-order valence-electron chi connectivity index (χ3n) is 3.07. The summed E-state index contributed by atoms with van der Waals surface area (Å²) in [5.74, 6) is -0.227. The fourth-order valence-electron chi connectivity index (χ4n) is 1.93. The average molecular weight is 275 g/mol. The maximum absolute atomic E-state index is 12.9. The molecule has 0 heterocycles. The predicted octanol–water partition coefficient (Wildman–Crippen LogP) is 4.31. The van der Waals surface area contributed by atoms with Crippen molar-refractivity contribution in [3.63, 3.8) is 0 Å². The minimum absolute atomic E-state index is 0.105. The number of benzene rings is 2. The molecule has 2 rings (SSSR count). The third-order valence-corrected chi connectivity index (χ3v) is 4.26. The second-order valence-corrected chi connectivity index (χ2v) is 6.17. The second kappa shape index (κ2) is 6.22. The first-order chi connectivity index (χ1) is 9.06. The van der Waals surface area contributed by atoms with Crippen LogP contribution in [0.2, 0.25) is 0 Å². The van der Waals surface area contributed by atoms with Crippen LogP contribution in [0.3, 0.4) is 0 Å². The van der Waals surface area contributed by atoms with E-state index in [-0.39, 0.29) is 17.1 Å². The Bertz CT molecular complexity index is 539. The minimum atomic E-state index is -0.227. The van der Waals surface area contributed by atoms with Crippen LogP contribution in [0.4, 0.5) is 4.39 Å². The first-order valence-corrected chi connectivity index (χ1v) is 7.18. The number of hydrogen-bond acceptors (Lipinski definition) is 2. The van der Waals surface area contributed by atoms with Gasteiger partial charge in [0.15, 0.2) is 0 Å². The molecule has 1 nitrogen and oxygen atoms in total. The molecule has 2 aromatic carbocycles. The fourth-order valence-corrected chi connectivity index (χ4v) is 3.08. The molecule has 0 aliphatic rings. The van der Waals surface area contributed by atoms with Crippen LogP contribution >= 0.6 is 11.8 Å². The molecule has 0 fully saturated rings. The van der Waals surface area contributed by atoms with Crippen molar-refractivity contribution in [1.29, 1.82) is 0 Å². The van der Waals surface area contributed by atoms with Crippen LogP contribution in [0.15, 0.2) is 53.4 Å². The molecule has 2 N–H and O–H groups in total. The smallest absolute Gasteiger partial charge is 0.123 e. The summed E-state index contributed by atoms with van der Waals surface area (Å²) in [7, 11) is 0. The molecule has 19 heavy (non-hydrogen) atoms. The van der Waals surface area contributed by atoms with Crippen LogP contribution in [0, 0.1) is 12.7 Å². The van der Waals surface area contributed by atoms with Gasteiger partial charge in [0.1, 0.15) is 5.82 Å². The van der Waals surface area contributed by atoms with Crippen molar-refractivity contribution < 1.29 is 4.39 Å². The molecule has 3 heteroatoms. The minimum Gasteiger partial charge on any atom is -0.323 e. The zero-order valence-corrected chi connectivity index (χ0v) is 12.0. The lowest BCUT2D eigenvalue weighted by Crippen LogP contribution is -2.21. The van der Waals surface area contributed by atoms with Crippen molar-refractivity contribution >= 4 is 11.8 Å². The van der Waals surface area contributed by atoms with Crippen molar-refractivity contribution in [2.75, 3.05) is 0 Å². The lowest BCUT2D eigenvalue weighted by Gasteiger charge is -2.20. The molecule has 2 aromatic rings. The van der Waals surface area contributed by atoms with Crippen LogP contribution in [0.1, 0.15) is 24.1 Å². The number of aryl methyl sites for hydroxylation is 1. The number of rotatable bonds is 4. The van der Waals surface area contributed by atoms with Crippen molar-refractivity contribution in [2.24, 2.45) is 5.73 Å². The zero-order valence-electron chi connectivity index (χ0n) is 11.1. The lowest BCUT2D eigenvalue weighted by molar-refractivity contribution is 0.624. The van der Waals surface area contributed by atoms with Gasteiger partial charge >= 0.3 is 0 Å². The summed E-state index contributed by atoms with van der Waals surface area (Å²) >= 11 is 1.75. The van der Waals surface area contributed by atoms with Gasteiger partial charge < -0.3 is 5.73 Å². The van der Waals surface area contributed by atoms with Crippen molar-refractivity contribution in [3.8, 4) is 0 Å². The van der Waals surface area contributed by atoms with Gasteiger partial charge in [-0.25, -0.2) is 4.39 Å². The largest absolute Gasteiger partial charge is 0.323 e. The van der Waals surface area contributed by atoms with E-state index in [4.69, 9.17) is 5.73 Å². The van der Waals surface area contributed by atoms with Gasteiger partial charge in [0.2, 0.25) is 0 Å². The molecule has 0 aliphatic heterocycles. The first kappa shape index (κ1) is 14.1. The molecule has 100 valence electrons. The van der Waals surface area contributed by atoms with Crippen LogP contribution in [-0.4, -0.2) is 5.25 Å². The van der Waals surface area contributed by atoms with E-state index in [1.807, 2.05) is 6.07 Å². The van der Waals surface area contributed by atoms with E-state index in [1.165, 1.54) is 22.6 Å². The third kappa shape index (κ3) is 3.82. The molecular weight excluding hydrogens is 257 g/mol. The molecule has 2 unspecified atom stereocenters. The van der Waals surface area contributed by atoms with E-state index in [0.717, 1.165) is 5.56 Å². The van der Waals surface area contributed by atoms with Gasteiger partial charge in [-0.2, -0.15) is 0 Å². The highest BCUT2D eigenvalue weighted by atomic mass is 32.2. The Morgan fingerprint density at radius 1 is 1.11 bits per heavy atom. The topological polar surface area (TPSA) is 26.0 Å². The number of nitrogens with two attached hydrogens (primary N) is 1. The van der Waals surface area contributed by atoms with E-state index in [1.54, 1.807) is 23.9 Å². The van der Waals surface area contributed by atoms with E-state index >= 15 is 0 Å². The Balaban J connectivity index is 2.07. The predicted molar refractivity (Wildman–Crippen MR) is 79.8 cm³/mol. The van der Waals surface area contributed by atoms with Gasteiger partial charge in [0.25, 0.3) is 0 Å². The molecular formula is C16H18FNS. The van der Waals surface area contributed by atoms with Gasteiger partial charge in [-0.1, -0.05) is 36.8 Å². The standard InChI is InChI=1S/C16H18FNS/c1-11-4-3-5-15(10-11)19-12(2)16(18)13-6-8-14(17)9-7-13/h3-10,12,16H,18H2,1-2H3. The molecule has 0 aliphatic carbocycles. The van der Waals surface area contributed by atoms with Crippen LogP contribution in [0.5, 0.6) is 0 Å². The van der Waals surface area contributed by atoms with E-state index in [2.05, 4.69) is 32.0 Å². The monoisotopic (exact) mass is 275 g/mol. The Labute approximate surface area is 118 Å². The highest BCUT2D eigenvalue weighted by molar-refractivity contribution is 8.00. The summed E-state index contributed by atoms with van der Waals surface area (Å²) in [5.41, 5.74) is 8.44. The summed E-state index contributed by atoms with van der Waals surface area (Å²) in [4.78, 5) is 1.21. The first-order valence-electron chi connectivity index (χ1n) is 6.30. The highest BCUT2D eigenvalue weighted by Crippen LogP contribution is 2.31. The summed E-state index contributed by atoms with van der Waals surface area (Å²) < 4.78 is 12.9. The fraction of sp³-hybridized carbons (Fsp3) is 0.250. The molecule has 0 aromatic heterocycles. The highest BCUT2D eigenvalue weighted by Gasteiger charge is 2.16. The van der Waals surface area contributed by atoms with Gasteiger partial charge in [0.05, 0.1) is 0 Å². The molecule has 0 amide bonds. The zero-order chi connectivity index (χ0) is 13.8. The van der Waals surface area contributed by atoms with Crippen molar-refractivity contribution in [3.05, 3.63) is 65.5 Å². The van der Waals surface area contributed by atoms with Crippen molar-refractivity contribution in [1.82, 2.24) is 0 Å². The Kier molecular flexibility index (Phi) is 4.61. The molecule has 2 atom stereocenters.